The van der Waals surface area contributed by atoms with Crippen LogP contribution in [0.1, 0.15) is 31.4 Å². The SMILES string of the molecule is N#CC[C@H]1CN(c2nc(OC[C@@]34CCCN3C[C@H](F)C4)nc3c(F)c(-c4cccc5cccc(Cl)c45)ccc23)CCN1C(=O)/C(F)=C/c1ccccn1. The number of ether oxygens (including phenoxy) is 1. The fraction of sp³-hybridized carbons (Fsp3) is 0.325. The number of amides is 1. The summed E-state index contributed by atoms with van der Waals surface area (Å²) in [5.41, 5.74) is 0.700. The molecule has 1 amide bonds. The molecule has 5 heterocycles. The van der Waals surface area contributed by atoms with Crippen LogP contribution in [0.5, 0.6) is 6.01 Å². The van der Waals surface area contributed by atoms with E-state index in [2.05, 4.69) is 20.9 Å². The van der Waals surface area contributed by atoms with Crippen molar-refractivity contribution in [2.24, 2.45) is 0 Å². The molecule has 9 nitrogen and oxygen atoms in total. The van der Waals surface area contributed by atoms with E-state index in [1.807, 2.05) is 35.2 Å². The summed E-state index contributed by atoms with van der Waals surface area (Å²) in [5, 5.41) is 12.2. The first-order chi connectivity index (χ1) is 25.7. The first kappa shape index (κ1) is 34.8. The Labute approximate surface area is 309 Å². The highest BCUT2D eigenvalue weighted by molar-refractivity contribution is 6.36. The van der Waals surface area contributed by atoms with Gasteiger partial charge in [-0.25, -0.2) is 13.2 Å². The molecule has 8 rings (SSSR count). The molecular weight excluding hydrogens is 703 g/mol. The zero-order valence-electron chi connectivity index (χ0n) is 28.7. The van der Waals surface area contributed by atoms with Crippen molar-refractivity contribution in [1.82, 2.24) is 24.8 Å². The second kappa shape index (κ2) is 14.3. The third kappa shape index (κ3) is 6.53. The fourth-order valence-corrected chi connectivity index (χ4v) is 8.48. The predicted octanol–water partition coefficient (Wildman–Crippen LogP) is 7.53. The molecule has 3 fully saturated rings. The van der Waals surface area contributed by atoms with Crippen LogP contribution in [-0.4, -0.2) is 87.7 Å². The van der Waals surface area contributed by atoms with E-state index in [-0.39, 0.29) is 49.8 Å². The van der Waals surface area contributed by atoms with Crippen molar-refractivity contribution in [2.75, 3.05) is 44.2 Å². The smallest absolute Gasteiger partial charge is 0.319 e. The molecule has 2 aromatic heterocycles. The maximum absolute atomic E-state index is 17.0. The molecule has 3 saturated heterocycles. The summed E-state index contributed by atoms with van der Waals surface area (Å²) in [6, 6.07) is 20.8. The van der Waals surface area contributed by atoms with Gasteiger partial charge in [-0.3, -0.25) is 14.7 Å². The largest absolute Gasteiger partial charge is 0.461 e. The van der Waals surface area contributed by atoms with Gasteiger partial charge in [0, 0.05) is 66.2 Å². The van der Waals surface area contributed by atoms with Crippen molar-refractivity contribution < 1.29 is 22.7 Å². The topological polar surface area (TPSA) is 98.5 Å². The number of nitrogens with zero attached hydrogens (tertiary/aromatic N) is 7. The van der Waals surface area contributed by atoms with Crippen molar-refractivity contribution in [1.29, 1.82) is 5.26 Å². The van der Waals surface area contributed by atoms with Crippen molar-refractivity contribution in [2.45, 2.75) is 43.4 Å². The van der Waals surface area contributed by atoms with Gasteiger partial charge in [-0.05, 0) is 54.6 Å². The molecule has 0 spiro atoms. The maximum Gasteiger partial charge on any atom is 0.319 e. The number of nitriles is 1. The maximum atomic E-state index is 17.0. The number of piperazine rings is 1. The van der Waals surface area contributed by atoms with Crippen molar-refractivity contribution in [3.05, 3.63) is 95.3 Å². The summed E-state index contributed by atoms with van der Waals surface area (Å²) in [7, 11) is 0. The lowest BCUT2D eigenvalue weighted by atomic mass is 9.95. The van der Waals surface area contributed by atoms with E-state index < -0.39 is 35.3 Å². The summed E-state index contributed by atoms with van der Waals surface area (Å²) in [6.45, 7) is 1.66. The molecule has 0 N–H and O–H groups in total. The monoisotopic (exact) mass is 737 g/mol. The van der Waals surface area contributed by atoms with Crippen molar-refractivity contribution in [3.63, 3.8) is 0 Å². The number of hydrogen-bond acceptors (Lipinski definition) is 8. The van der Waals surface area contributed by atoms with Crippen LogP contribution in [0.15, 0.2) is 78.8 Å². The summed E-state index contributed by atoms with van der Waals surface area (Å²) in [6.07, 6.45) is 3.57. The van der Waals surface area contributed by atoms with Crippen LogP contribution in [0.3, 0.4) is 0 Å². The van der Waals surface area contributed by atoms with Crippen LogP contribution in [0.2, 0.25) is 5.02 Å². The molecule has 0 saturated carbocycles. The molecule has 53 heavy (non-hydrogen) atoms. The van der Waals surface area contributed by atoms with Crippen molar-refractivity contribution >= 4 is 51.1 Å². The van der Waals surface area contributed by atoms with Gasteiger partial charge in [0.05, 0.1) is 29.8 Å². The van der Waals surface area contributed by atoms with Crippen LogP contribution in [0.4, 0.5) is 19.0 Å². The van der Waals surface area contributed by atoms with E-state index in [0.29, 0.717) is 45.8 Å². The summed E-state index contributed by atoms with van der Waals surface area (Å²) in [5.74, 6) is -2.09. The van der Waals surface area contributed by atoms with Crippen LogP contribution in [0.25, 0.3) is 38.9 Å². The Hall–Kier alpha value is -5.25. The minimum absolute atomic E-state index is 0.0156. The zero-order valence-corrected chi connectivity index (χ0v) is 29.4. The van der Waals surface area contributed by atoms with Crippen LogP contribution in [0, 0.1) is 17.1 Å². The Bertz CT molecular complexity index is 2280. The number of carbonyl (C=O) groups is 1. The van der Waals surface area contributed by atoms with Gasteiger partial charge < -0.3 is 14.5 Å². The second-order valence-corrected chi connectivity index (χ2v) is 14.3. The van der Waals surface area contributed by atoms with Gasteiger partial charge in [-0.2, -0.15) is 15.2 Å². The van der Waals surface area contributed by atoms with E-state index >= 15 is 8.78 Å². The normalized spacial score (nSPS) is 22.0. The molecule has 0 bridgehead atoms. The molecule has 3 aliphatic rings. The third-order valence-electron chi connectivity index (χ3n) is 10.7. The van der Waals surface area contributed by atoms with Gasteiger partial charge in [0.25, 0.3) is 5.91 Å². The highest BCUT2D eigenvalue weighted by Crippen LogP contribution is 2.42. The molecule has 0 radical (unpaired) electrons. The Balaban J connectivity index is 1.18. The summed E-state index contributed by atoms with van der Waals surface area (Å²) < 4.78 is 53.1. The number of anilines is 1. The molecular formula is C40H35ClF3N7O2. The minimum Gasteiger partial charge on any atom is -0.461 e. The predicted molar refractivity (Wildman–Crippen MR) is 197 cm³/mol. The fourth-order valence-electron chi connectivity index (χ4n) is 8.19. The number of pyridine rings is 1. The summed E-state index contributed by atoms with van der Waals surface area (Å²) >= 11 is 6.64. The van der Waals surface area contributed by atoms with Gasteiger partial charge in [0.2, 0.25) is 0 Å². The van der Waals surface area contributed by atoms with Crippen molar-refractivity contribution in [3.8, 4) is 23.2 Å². The highest BCUT2D eigenvalue weighted by Gasteiger charge is 2.49. The van der Waals surface area contributed by atoms with Gasteiger partial charge in [0.1, 0.15) is 24.1 Å². The number of carbonyl (C=O) groups excluding carboxylic acids is 1. The number of fused-ring (bicyclic) bond motifs is 3. The van der Waals surface area contributed by atoms with Gasteiger partial charge in [0.15, 0.2) is 11.6 Å². The highest BCUT2D eigenvalue weighted by atomic mass is 35.5. The van der Waals surface area contributed by atoms with Gasteiger partial charge in [-0.1, -0.05) is 54.1 Å². The lowest BCUT2D eigenvalue weighted by Crippen LogP contribution is -2.55. The molecule has 0 unspecified atom stereocenters. The first-order valence-corrected chi connectivity index (χ1v) is 18.0. The Morgan fingerprint density at radius 2 is 1.89 bits per heavy atom. The first-order valence-electron chi connectivity index (χ1n) is 17.7. The second-order valence-electron chi connectivity index (χ2n) is 13.9. The Kier molecular flexibility index (Phi) is 9.39. The summed E-state index contributed by atoms with van der Waals surface area (Å²) in [4.78, 5) is 32.1. The molecule has 270 valence electrons. The molecule has 0 aliphatic carbocycles. The number of benzene rings is 3. The van der Waals surface area contributed by atoms with Crippen LogP contribution < -0.4 is 9.64 Å². The van der Waals surface area contributed by atoms with E-state index in [9.17, 15) is 14.4 Å². The molecule has 5 aromatic rings. The van der Waals surface area contributed by atoms with Crippen LogP contribution in [-0.2, 0) is 4.79 Å². The average Bonchev–Trinajstić information content (AvgIpc) is 3.70. The lowest BCUT2D eigenvalue weighted by molar-refractivity contribution is -0.131. The number of aromatic nitrogens is 3. The van der Waals surface area contributed by atoms with E-state index in [1.54, 1.807) is 36.4 Å². The quantitative estimate of drug-likeness (QED) is 0.151. The standard InChI is InChI=1S/C40H35ClF3N7O2/c41-32-10-4-7-25-6-3-9-29(34(25)32)30-11-12-31-36(35(30)44)47-39(53-24-40-14-5-17-50(40)22-26(42)21-40)48-37(31)49-18-19-51(28(23-49)13-15-45)38(52)33(43)20-27-8-1-2-16-46-27/h1-4,6-12,16,20,26,28H,5,13-14,17-19,21-24H2/b33-20-/t26-,28+,40+/m1/s1. The van der Waals surface area contributed by atoms with E-state index in [0.717, 1.165) is 30.8 Å². The van der Waals surface area contributed by atoms with E-state index in [1.165, 1.54) is 11.1 Å². The molecule has 3 aromatic carbocycles. The Morgan fingerprint density at radius 1 is 1.04 bits per heavy atom. The molecule has 13 heteroatoms. The number of rotatable bonds is 8. The zero-order chi connectivity index (χ0) is 36.7. The molecule has 3 atom stereocenters. The van der Waals surface area contributed by atoms with Crippen LogP contribution >= 0.6 is 11.6 Å². The van der Waals surface area contributed by atoms with Gasteiger partial charge in [-0.15, -0.1) is 0 Å². The number of halogens is 4. The van der Waals surface area contributed by atoms with E-state index in [4.69, 9.17) is 21.3 Å². The Morgan fingerprint density at radius 3 is 2.70 bits per heavy atom. The number of alkyl halides is 1. The average molecular weight is 738 g/mol. The number of hydrogen-bond donors (Lipinski definition) is 0. The molecule has 3 aliphatic heterocycles. The van der Waals surface area contributed by atoms with Gasteiger partial charge >= 0.3 is 6.01 Å². The lowest BCUT2D eigenvalue weighted by Gasteiger charge is -2.41. The third-order valence-corrected chi connectivity index (χ3v) is 11.0. The minimum atomic E-state index is -0.992.